The van der Waals surface area contributed by atoms with Crippen molar-refractivity contribution in [2.45, 2.75) is 39.5 Å². The van der Waals surface area contributed by atoms with Gasteiger partial charge in [0.15, 0.2) is 0 Å². The van der Waals surface area contributed by atoms with E-state index < -0.39 is 0 Å². The Morgan fingerprint density at radius 2 is 2.00 bits per heavy atom. The van der Waals surface area contributed by atoms with Crippen molar-refractivity contribution in [3.8, 4) is 0 Å². The van der Waals surface area contributed by atoms with Crippen molar-refractivity contribution < 1.29 is 9.53 Å². The Morgan fingerprint density at radius 3 is 2.53 bits per heavy atom. The molecule has 0 saturated carbocycles. The molecule has 1 N–H and O–H groups in total. The lowest BCUT2D eigenvalue weighted by molar-refractivity contribution is -0.139. The van der Waals surface area contributed by atoms with Gasteiger partial charge in [-0.25, -0.2) is 0 Å². The van der Waals surface area contributed by atoms with Crippen LogP contribution < -0.4 is 5.32 Å². The first kappa shape index (κ1) is 15.7. The molecule has 0 radical (unpaired) electrons. The predicted octanol–water partition coefficient (Wildman–Crippen LogP) is 2.60. The zero-order valence-electron chi connectivity index (χ0n) is 12.7. The molecule has 19 heavy (non-hydrogen) atoms. The second kappa shape index (κ2) is 6.71. The molecule has 0 aromatic heterocycles. The Hall–Kier alpha value is -1.35. The molecule has 0 atom stereocenters. The normalized spacial score (nSPS) is 11.4. The largest absolute Gasteiger partial charge is 0.468 e. The van der Waals surface area contributed by atoms with Gasteiger partial charge in [-0.1, -0.05) is 39.0 Å². The van der Waals surface area contributed by atoms with E-state index in [1.807, 2.05) is 0 Å². The van der Waals surface area contributed by atoms with Crippen LogP contribution in [0.3, 0.4) is 0 Å². The number of ether oxygens (including phenoxy) is 1. The lowest BCUT2D eigenvalue weighted by Crippen LogP contribution is -2.26. The van der Waals surface area contributed by atoms with Gasteiger partial charge >= 0.3 is 5.97 Å². The van der Waals surface area contributed by atoms with Gasteiger partial charge in [0.25, 0.3) is 0 Å². The molecule has 1 rings (SSSR count). The Balaban J connectivity index is 2.54. The van der Waals surface area contributed by atoms with Crippen LogP contribution in [0.25, 0.3) is 0 Å². The van der Waals surface area contributed by atoms with E-state index in [4.69, 9.17) is 0 Å². The third-order valence-corrected chi connectivity index (χ3v) is 3.28. The van der Waals surface area contributed by atoms with E-state index >= 15 is 0 Å². The minimum absolute atomic E-state index is 0.187. The highest BCUT2D eigenvalue weighted by atomic mass is 16.5. The number of hydrogen-bond acceptors (Lipinski definition) is 3. The van der Waals surface area contributed by atoms with Crippen LogP contribution in [0.4, 0.5) is 0 Å². The number of carbonyl (C=O) groups excluding carboxylic acids is 1. The van der Waals surface area contributed by atoms with Crippen molar-refractivity contribution in [3.05, 3.63) is 34.9 Å². The summed E-state index contributed by atoms with van der Waals surface area (Å²) in [5.74, 6) is -0.222. The average Bonchev–Trinajstić information content (AvgIpc) is 2.34. The monoisotopic (exact) mass is 263 g/mol. The van der Waals surface area contributed by atoms with Gasteiger partial charge in [0.1, 0.15) is 0 Å². The number of carbonyl (C=O) groups is 1. The van der Waals surface area contributed by atoms with Crippen LogP contribution in [-0.2, 0) is 21.4 Å². The van der Waals surface area contributed by atoms with Crippen molar-refractivity contribution in [3.63, 3.8) is 0 Å². The van der Waals surface area contributed by atoms with E-state index in [0.717, 1.165) is 13.0 Å². The predicted molar refractivity (Wildman–Crippen MR) is 78.5 cm³/mol. The summed E-state index contributed by atoms with van der Waals surface area (Å²) in [6.45, 7) is 9.86. The number of nitrogens with one attached hydrogen (secondary N) is 1. The number of rotatable bonds is 5. The van der Waals surface area contributed by atoms with Crippen LogP contribution in [0.2, 0.25) is 0 Å². The van der Waals surface area contributed by atoms with E-state index in [1.165, 1.54) is 23.8 Å². The third-order valence-electron chi connectivity index (χ3n) is 3.28. The fourth-order valence-corrected chi connectivity index (χ4v) is 1.93. The number of benzene rings is 1. The van der Waals surface area contributed by atoms with Gasteiger partial charge in [0.05, 0.1) is 13.7 Å². The lowest BCUT2D eigenvalue weighted by Gasteiger charge is -2.20. The summed E-state index contributed by atoms with van der Waals surface area (Å²) < 4.78 is 4.58. The van der Waals surface area contributed by atoms with E-state index in [2.05, 4.69) is 55.9 Å². The standard InChI is InChI=1S/C16H25NO2/c1-12-10-14(16(2,3)4)7-6-13(12)8-9-17-11-15(18)19-5/h6-7,10,17H,8-9,11H2,1-5H3. The van der Waals surface area contributed by atoms with Crippen molar-refractivity contribution in [2.75, 3.05) is 20.2 Å². The maximum atomic E-state index is 11.0. The summed E-state index contributed by atoms with van der Waals surface area (Å²) >= 11 is 0. The molecule has 0 aliphatic carbocycles. The average molecular weight is 263 g/mol. The first-order valence-corrected chi connectivity index (χ1v) is 6.72. The topological polar surface area (TPSA) is 38.3 Å². The SMILES string of the molecule is COC(=O)CNCCc1ccc(C(C)(C)C)cc1C. The molecule has 0 amide bonds. The van der Waals surface area contributed by atoms with Gasteiger partial charge in [0.2, 0.25) is 0 Å². The molecule has 1 aromatic rings. The maximum Gasteiger partial charge on any atom is 0.319 e. The molecule has 3 nitrogen and oxygen atoms in total. The van der Waals surface area contributed by atoms with Crippen molar-refractivity contribution in [2.24, 2.45) is 0 Å². The second-order valence-corrected chi connectivity index (χ2v) is 5.89. The fraction of sp³-hybridized carbons (Fsp3) is 0.562. The summed E-state index contributed by atoms with van der Waals surface area (Å²) in [6.07, 6.45) is 0.924. The zero-order valence-corrected chi connectivity index (χ0v) is 12.7. The van der Waals surface area contributed by atoms with Crippen LogP contribution in [0.1, 0.15) is 37.5 Å². The molecule has 0 fully saturated rings. The van der Waals surface area contributed by atoms with Crippen LogP contribution >= 0.6 is 0 Å². The number of esters is 1. The Labute approximate surface area is 116 Å². The van der Waals surface area contributed by atoms with Gasteiger partial charge in [-0.2, -0.15) is 0 Å². The van der Waals surface area contributed by atoms with Gasteiger partial charge in [-0.05, 0) is 42.0 Å². The minimum atomic E-state index is -0.222. The molecule has 1 aromatic carbocycles. The Morgan fingerprint density at radius 1 is 1.32 bits per heavy atom. The highest BCUT2D eigenvalue weighted by Crippen LogP contribution is 2.24. The molecule has 0 bridgehead atoms. The molecular formula is C16H25NO2. The highest BCUT2D eigenvalue weighted by Gasteiger charge is 2.14. The molecule has 0 unspecified atom stereocenters. The Bertz CT molecular complexity index is 433. The second-order valence-electron chi connectivity index (χ2n) is 5.89. The van der Waals surface area contributed by atoms with Gasteiger partial charge in [-0.3, -0.25) is 4.79 Å². The van der Waals surface area contributed by atoms with Crippen molar-refractivity contribution in [1.82, 2.24) is 5.32 Å². The fourth-order valence-electron chi connectivity index (χ4n) is 1.93. The highest BCUT2D eigenvalue weighted by molar-refractivity contribution is 5.71. The summed E-state index contributed by atoms with van der Waals surface area (Å²) in [6, 6.07) is 6.65. The number of aryl methyl sites for hydroxylation is 1. The number of methoxy groups -OCH3 is 1. The summed E-state index contributed by atoms with van der Waals surface area (Å²) in [5, 5.41) is 3.08. The summed E-state index contributed by atoms with van der Waals surface area (Å²) in [7, 11) is 1.40. The molecule has 0 aliphatic rings. The molecular weight excluding hydrogens is 238 g/mol. The molecule has 3 heteroatoms. The van der Waals surface area contributed by atoms with Gasteiger partial charge in [-0.15, -0.1) is 0 Å². The van der Waals surface area contributed by atoms with E-state index in [1.54, 1.807) is 0 Å². The van der Waals surface area contributed by atoms with Crippen molar-refractivity contribution in [1.29, 1.82) is 0 Å². The van der Waals surface area contributed by atoms with Crippen LogP contribution in [0.5, 0.6) is 0 Å². The number of hydrogen-bond donors (Lipinski definition) is 1. The van der Waals surface area contributed by atoms with Crippen LogP contribution in [0.15, 0.2) is 18.2 Å². The molecule has 106 valence electrons. The van der Waals surface area contributed by atoms with Crippen LogP contribution in [0, 0.1) is 6.92 Å². The van der Waals surface area contributed by atoms with Gasteiger partial charge < -0.3 is 10.1 Å². The quantitative estimate of drug-likeness (QED) is 0.655. The first-order chi connectivity index (χ1) is 8.84. The summed E-state index contributed by atoms with van der Waals surface area (Å²) in [5.41, 5.74) is 4.18. The van der Waals surface area contributed by atoms with E-state index in [0.29, 0.717) is 0 Å². The molecule has 0 heterocycles. The molecule has 0 aliphatic heterocycles. The van der Waals surface area contributed by atoms with Gasteiger partial charge in [0, 0.05) is 0 Å². The minimum Gasteiger partial charge on any atom is -0.468 e. The summed E-state index contributed by atoms with van der Waals surface area (Å²) in [4.78, 5) is 11.0. The zero-order chi connectivity index (χ0) is 14.5. The third kappa shape index (κ3) is 5.03. The smallest absolute Gasteiger partial charge is 0.319 e. The maximum absolute atomic E-state index is 11.0. The lowest BCUT2D eigenvalue weighted by atomic mass is 9.85. The first-order valence-electron chi connectivity index (χ1n) is 6.72. The van der Waals surface area contributed by atoms with E-state index in [-0.39, 0.29) is 17.9 Å². The van der Waals surface area contributed by atoms with Crippen molar-refractivity contribution >= 4 is 5.97 Å². The van der Waals surface area contributed by atoms with Crippen LogP contribution in [-0.4, -0.2) is 26.2 Å². The Kier molecular flexibility index (Phi) is 5.55. The molecule has 0 saturated heterocycles. The van der Waals surface area contributed by atoms with E-state index in [9.17, 15) is 4.79 Å². The molecule has 0 spiro atoms.